The minimum atomic E-state index is 0.113. The SMILES string of the molecule is COCC(C)N=C(NN)N(C)C1CCCCC1C. The van der Waals surface area contributed by atoms with E-state index in [-0.39, 0.29) is 6.04 Å². The summed E-state index contributed by atoms with van der Waals surface area (Å²) in [6.45, 7) is 4.95. The van der Waals surface area contributed by atoms with Gasteiger partial charge >= 0.3 is 0 Å². The third-order valence-corrected chi connectivity index (χ3v) is 3.78. The molecule has 1 rings (SSSR count). The second-order valence-corrected chi connectivity index (χ2v) is 5.34. The summed E-state index contributed by atoms with van der Waals surface area (Å²) in [5.74, 6) is 7.06. The van der Waals surface area contributed by atoms with Gasteiger partial charge in [-0.2, -0.15) is 0 Å². The summed E-state index contributed by atoms with van der Waals surface area (Å²) in [6.07, 6.45) is 5.15. The molecule has 3 N–H and O–H groups in total. The van der Waals surface area contributed by atoms with Gasteiger partial charge in [0.15, 0.2) is 0 Å². The Kier molecular flexibility index (Phi) is 6.43. The highest BCUT2D eigenvalue weighted by Gasteiger charge is 2.26. The molecule has 1 aliphatic rings. The largest absolute Gasteiger partial charge is 0.382 e. The monoisotopic (exact) mass is 256 g/mol. The molecule has 3 unspecified atom stereocenters. The molecule has 3 atom stereocenters. The van der Waals surface area contributed by atoms with Crippen LogP contribution in [0.1, 0.15) is 39.5 Å². The Morgan fingerprint density at radius 3 is 2.72 bits per heavy atom. The summed E-state index contributed by atoms with van der Waals surface area (Å²) in [5.41, 5.74) is 2.73. The van der Waals surface area contributed by atoms with Crippen molar-refractivity contribution in [2.45, 2.75) is 51.6 Å². The lowest BCUT2D eigenvalue weighted by Crippen LogP contribution is -2.50. The topological polar surface area (TPSA) is 62.9 Å². The van der Waals surface area contributed by atoms with E-state index < -0.39 is 0 Å². The third kappa shape index (κ3) is 4.14. The number of hydrogen-bond acceptors (Lipinski definition) is 3. The van der Waals surface area contributed by atoms with Crippen LogP contribution in [-0.2, 0) is 4.74 Å². The molecule has 0 saturated heterocycles. The molecule has 5 heteroatoms. The van der Waals surface area contributed by atoms with Crippen molar-refractivity contribution in [3.63, 3.8) is 0 Å². The number of methoxy groups -OCH3 is 1. The predicted octanol–water partition coefficient (Wildman–Crippen LogP) is 1.35. The van der Waals surface area contributed by atoms with Crippen molar-refractivity contribution in [3.8, 4) is 0 Å². The summed E-state index contributed by atoms with van der Waals surface area (Å²) in [4.78, 5) is 6.77. The molecule has 1 saturated carbocycles. The van der Waals surface area contributed by atoms with Crippen molar-refractivity contribution in [1.29, 1.82) is 0 Å². The van der Waals surface area contributed by atoms with Gasteiger partial charge in [-0.05, 0) is 25.7 Å². The van der Waals surface area contributed by atoms with Gasteiger partial charge in [0.2, 0.25) is 5.96 Å². The van der Waals surface area contributed by atoms with E-state index in [1.165, 1.54) is 25.7 Å². The minimum absolute atomic E-state index is 0.113. The van der Waals surface area contributed by atoms with Gasteiger partial charge in [-0.3, -0.25) is 5.43 Å². The van der Waals surface area contributed by atoms with Crippen molar-refractivity contribution in [2.75, 3.05) is 20.8 Å². The standard InChI is InChI=1S/C13H28N4O/c1-10-7-5-6-8-12(10)17(3)13(16-14)15-11(2)9-18-4/h10-12H,5-9,14H2,1-4H3,(H,15,16). The van der Waals surface area contributed by atoms with Gasteiger partial charge in [-0.1, -0.05) is 19.8 Å². The van der Waals surface area contributed by atoms with Crippen LogP contribution < -0.4 is 11.3 Å². The molecule has 106 valence electrons. The van der Waals surface area contributed by atoms with E-state index in [4.69, 9.17) is 10.6 Å². The Morgan fingerprint density at radius 1 is 1.50 bits per heavy atom. The zero-order valence-electron chi connectivity index (χ0n) is 12.1. The van der Waals surface area contributed by atoms with Crippen molar-refractivity contribution >= 4 is 5.96 Å². The second-order valence-electron chi connectivity index (χ2n) is 5.34. The first-order valence-corrected chi connectivity index (χ1v) is 6.86. The van der Waals surface area contributed by atoms with E-state index in [0.29, 0.717) is 18.6 Å². The maximum atomic E-state index is 5.61. The van der Waals surface area contributed by atoms with E-state index in [9.17, 15) is 0 Å². The van der Waals surface area contributed by atoms with Crippen molar-refractivity contribution in [1.82, 2.24) is 10.3 Å². The molecule has 18 heavy (non-hydrogen) atoms. The highest BCUT2D eigenvalue weighted by molar-refractivity contribution is 5.79. The fourth-order valence-electron chi connectivity index (χ4n) is 2.75. The lowest BCUT2D eigenvalue weighted by atomic mass is 9.85. The van der Waals surface area contributed by atoms with E-state index in [0.717, 1.165) is 5.96 Å². The molecule has 0 spiro atoms. The van der Waals surface area contributed by atoms with Crippen molar-refractivity contribution in [3.05, 3.63) is 0 Å². The number of rotatable bonds is 4. The zero-order valence-corrected chi connectivity index (χ0v) is 12.1. The van der Waals surface area contributed by atoms with Crippen molar-refractivity contribution in [2.24, 2.45) is 16.8 Å². The number of aliphatic imine (C=N–C) groups is 1. The van der Waals surface area contributed by atoms with E-state index in [2.05, 4.69) is 29.3 Å². The minimum Gasteiger partial charge on any atom is -0.382 e. The van der Waals surface area contributed by atoms with Crippen LogP contribution in [0, 0.1) is 5.92 Å². The Bertz CT molecular complexity index is 270. The Hall–Kier alpha value is -0.810. The first-order chi connectivity index (χ1) is 8.60. The number of guanidine groups is 1. The van der Waals surface area contributed by atoms with Gasteiger partial charge in [-0.25, -0.2) is 10.8 Å². The van der Waals surface area contributed by atoms with Crippen LogP contribution in [0.15, 0.2) is 4.99 Å². The number of nitrogens with zero attached hydrogens (tertiary/aromatic N) is 2. The Morgan fingerprint density at radius 2 is 2.17 bits per heavy atom. The van der Waals surface area contributed by atoms with Gasteiger partial charge in [-0.15, -0.1) is 0 Å². The second kappa shape index (κ2) is 7.59. The molecule has 0 radical (unpaired) electrons. The summed E-state index contributed by atoms with van der Waals surface area (Å²) < 4.78 is 5.10. The van der Waals surface area contributed by atoms with Crippen LogP contribution in [0.5, 0.6) is 0 Å². The fourth-order valence-corrected chi connectivity index (χ4v) is 2.75. The van der Waals surface area contributed by atoms with Gasteiger partial charge in [0, 0.05) is 20.2 Å². The summed E-state index contributed by atoms with van der Waals surface area (Å²) in [7, 11) is 3.76. The van der Waals surface area contributed by atoms with Gasteiger partial charge in [0.25, 0.3) is 0 Å². The number of nitrogens with two attached hydrogens (primary N) is 1. The van der Waals surface area contributed by atoms with Crippen LogP contribution >= 0.6 is 0 Å². The van der Waals surface area contributed by atoms with E-state index >= 15 is 0 Å². The quantitative estimate of drug-likeness (QED) is 0.345. The smallest absolute Gasteiger partial charge is 0.208 e. The average molecular weight is 256 g/mol. The summed E-state index contributed by atoms with van der Waals surface area (Å²) >= 11 is 0. The molecule has 5 nitrogen and oxygen atoms in total. The molecule has 0 aromatic heterocycles. The molecular weight excluding hydrogens is 228 g/mol. The van der Waals surface area contributed by atoms with Crippen LogP contribution in [-0.4, -0.2) is 43.7 Å². The highest BCUT2D eigenvalue weighted by Crippen LogP contribution is 2.27. The van der Waals surface area contributed by atoms with Gasteiger partial charge in [0.1, 0.15) is 0 Å². The van der Waals surface area contributed by atoms with Gasteiger partial charge < -0.3 is 9.64 Å². The van der Waals surface area contributed by atoms with Crippen LogP contribution in [0.25, 0.3) is 0 Å². The van der Waals surface area contributed by atoms with Crippen molar-refractivity contribution < 1.29 is 4.74 Å². The number of hydrogen-bond donors (Lipinski definition) is 2. The fraction of sp³-hybridized carbons (Fsp3) is 0.923. The zero-order chi connectivity index (χ0) is 13.5. The number of nitrogens with one attached hydrogen (secondary N) is 1. The molecule has 1 fully saturated rings. The normalized spacial score (nSPS) is 26.8. The van der Waals surface area contributed by atoms with Crippen LogP contribution in [0.2, 0.25) is 0 Å². The average Bonchev–Trinajstić information content (AvgIpc) is 2.36. The Labute approximate surface area is 111 Å². The molecule has 0 heterocycles. The maximum Gasteiger partial charge on any atom is 0.208 e. The third-order valence-electron chi connectivity index (χ3n) is 3.78. The number of ether oxygens (including phenoxy) is 1. The summed E-state index contributed by atoms with van der Waals surface area (Å²) in [6, 6.07) is 0.644. The number of hydrazine groups is 1. The summed E-state index contributed by atoms with van der Waals surface area (Å²) in [5, 5.41) is 0. The van der Waals surface area contributed by atoms with E-state index in [1.54, 1.807) is 7.11 Å². The molecule has 0 amide bonds. The highest BCUT2D eigenvalue weighted by atomic mass is 16.5. The molecule has 1 aliphatic carbocycles. The van der Waals surface area contributed by atoms with Crippen LogP contribution in [0.3, 0.4) is 0 Å². The lowest BCUT2D eigenvalue weighted by molar-refractivity contribution is 0.181. The molecule has 0 bridgehead atoms. The Balaban J connectivity index is 2.68. The maximum absolute atomic E-state index is 5.61. The van der Waals surface area contributed by atoms with Gasteiger partial charge in [0.05, 0.1) is 12.6 Å². The first-order valence-electron chi connectivity index (χ1n) is 6.86. The first kappa shape index (κ1) is 15.2. The molecular formula is C13H28N4O. The molecule has 0 aliphatic heterocycles. The van der Waals surface area contributed by atoms with E-state index in [1.807, 2.05) is 6.92 Å². The molecule has 0 aromatic carbocycles. The molecule has 0 aromatic rings. The lowest BCUT2D eigenvalue weighted by Gasteiger charge is -2.37. The van der Waals surface area contributed by atoms with Crippen LogP contribution in [0.4, 0.5) is 0 Å². The predicted molar refractivity (Wildman–Crippen MR) is 75.3 cm³/mol.